The van der Waals surface area contributed by atoms with E-state index < -0.39 is 0 Å². The van der Waals surface area contributed by atoms with Crippen molar-refractivity contribution in [2.45, 2.75) is 6.54 Å². The third-order valence-corrected chi connectivity index (χ3v) is 2.93. The van der Waals surface area contributed by atoms with Crippen LogP contribution >= 0.6 is 23.2 Å². The Morgan fingerprint density at radius 1 is 1.26 bits per heavy atom. The Labute approximate surface area is 121 Å². The summed E-state index contributed by atoms with van der Waals surface area (Å²) in [6.45, 7) is 0.448. The molecule has 0 spiro atoms. The molecule has 2 rings (SSSR count). The lowest BCUT2D eigenvalue weighted by Crippen LogP contribution is -2.27. The smallest absolute Gasteiger partial charge is 0.274 e. The zero-order valence-corrected chi connectivity index (χ0v) is 11.7. The van der Waals surface area contributed by atoms with E-state index in [1.54, 1.807) is 18.0 Å². The Bertz CT molecular complexity index is 587. The summed E-state index contributed by atoms with van der Waals surface area (Å²) in [5.74, 6) is -0.218. The molecule has 0 aliphatic carbocycles. The first-order chi connectivity index (χ1) is 9.06. The average Bonchev–Trinajstić information content (AvgIpc) is 2.39. The van der Waals surface area contributed by atoms with E-state index in [1.165, 1.54) is 12.4 Å². The highest BCUT2D eigenvalue weighted by Crippen LogP contribution is 2.13. The molecule has 1 heterocycles. The molecule has 19 heavy (non-hydrogen) atoms. The topological polar surface area (TPSA) is 46.1 Å². The maximum absolute atomic E-state index is 12.1. The normalized spacial score (nSPS) is 10.3. The molecular formula is C13H11Cl2N3O. The monoisotopic (exact) mass is 295 g/mol. The summed E-state index contributed by atoms with van der Waals surface area (Å²) < 4.78 is 0. The van der Waals surface area contributed by atoms with Crippen molar-refractivity contribution in [2.24, 2.45) is 0 Å². The fourth-order valence-electron chi connectivity index (χ4n) is 1.60. The second-order valence-electron chi connectivity index (χ2n) is 4.02. The molecule has 0 unspecified atom stereocenters. The number of carbonyl (C=O) groups is 1. The molecule has 0 N–H and O–H groups in total. The third kappa shape index (κ3) is 3.66. The Hall–Kier alpha value is -1.65. The van der Waals surface area contributed by atoms with Gasteiger partial charge in [0.1, 0.15) is 10.8 Å². The zero-order chi connectivity index (χ0) is 13.8. The Morgan fingerprint density at radius 2 is 2.05 bits per heavy atom. The minimum atomic E-state index is -0.218. The SMILES string of the molecule is CN(Cc1cccc(Cl)c1)C(=O)c1cnc(Cl)cn1. The van der Waals surface area contributed by atoms with Gasteiger partial charge in [0.2, 0.25) is 0 Å². The van der Waals surface area contributed by atoms with Crippen molar-refractivity contribution in [3.63, 3.8) is 0 Å². The third-order valence-electron chi connectivity index (χ3n) is 2.49. The highest BCUT2D eigenvalue weighted by atomic mass is 35.5. The molecule has 2 aromatic rings. The fourth-order valence-corrected chi connectivity index (χ4v) is 1.91. The van der Waals surface area contributed by atoms with Gasteiger partial charge in [-0.25, -0.2) is 9.97 Å². The number of hydrogen-bond donors (Lipinski definition) is 0. The van der Waals surface area contributed by atoms with E-state index in [0.29, 0.717) is 11.6 Å². The van der Waals surface area contributed by atoms with Crippen molar-refractivity contribution in [1.29, 1.82) is 0 Å². The summed E-state index contributed by atoms with van der Waals surface area (Å²) >= 11 is 11.5. The molecule has 0 aliphatic rings. The van der Waals surface area contributed by atoms with Crippen LogP contribution in [-0.2, 0) is 6.54 Å². The number of nitrogens with zero attached hydrogens (tertiary/aromatic N) is 3. The van der Waals surface area contributed by atoms with Gasteiger partial charge in [0.25, 0.3) is 5.91 Å². The van der Waals surface area contributed by atoms with Gasteiger partial charge in [-0.2, -0.15) is 0 Å². The highest BCUT2D eigenvalue weighted by molar-refractivity contribution is 6.30. The number of carbonyl (C=O) groups excluding carboxylic acids is 1. The zero-order valence-electron chi connectivity index (χ0n) is 10.2. The number of rotatable bonds is 3. The lowest BCUT2D eigenvalue weighted by Gasteiger charge is -2.16. The molecule has 1 aromatic heterocycles. The molecule has 0 fully saturated rings. The van der Waals surface area contributed by atoms with E-state index in [9.17, 15) is 4.79 Å². The van der Waals surface area contributed by atoms with Gasteiger partial charge in [0, 0.05) is 18.6 Å². The summed E-state index contributed by atoms with van der Waals surface area (Å²) in [6, 6.07) is 7.36. The largest absolute Gasteiger partial charge is 0.336 e. The number of aromatic nitrogens is 2. The predicted octanol–water partition coefficient (Wildman–Crippen LogP) is 3.06. The lowest BCUT2D eigenvalue weighted by molar-refractivity contribution is 0.0779. The molecule has 4 nitrogen and oxygen atoms in total. The Kier molecular flexibility index (Phi) is 4.35. The molecule has 0 radical (unpaired) electrons. The van der Waals surface area contributed by atoms with Crippen molar-refractivity contribution in [1.82, 2.24) is 14.9 Å². The predicted molar refractivity (Wildman–Crippen MR) is 74.3 cm³/mol. The van der Waals surface area contributed by atoms with E-state index in [1.807, 2.05) is 18.2 Å². The van der Waals surface area contributed by atoms with Crippen LogP contribution in [0.1, 0.15) is 16.1 Å². The first-order valence-corrected chi connectivity index (χ1v) is 6.29. The van der Waals surface area contributed by atoms with Crippen LogP contribution < -0.4 is 0 Å². The Balaban J connectivity index is 2.09. The summed E-state index contributed by atoms with van der Waals surface area (Å²) in [5.41, 5.74) is 1.21. The standard InChI is InChI=1S/C13H11Cl2N3O/c1-18(8-9-3-2-4-10(14)5-9)13(19)11-6-17-12(15)7-16-11/h2-7H,8H2,1H3. The van der Waals surface area contributed by atoms with E-state index in [-0.39, 0.29) is 16.8 Å². The van der Waals surface area contributed by atoms with Gasteiger partial charge in [0.05, 0.1) is 12.4 Å². The minimum absolute atomic E-state index is 0.218. The van der Waals surface area contributed by atoms with E-state index in [0.717, 1.165) is 5.56 Å². The van der Waals surface area contributed by atoms with Crippen LogP contribution in [0.2, 0.25) is 10.2 Å². The van der Waals surface area contributed by atoms with Crippen LogP contribution in [0.5, 0.6) is 0 Å². The highest BCUT2D eigenvalue weighted by Gasteiger charge is 2.13. The van der Waals surface area contributed by atoms with Crippen molar-refractivity contribution < 1.29 is 4.79 Å². The summed E-state index contributed by atoms with van der Waals surface area (Å²) in [5, 5.41) is 0.902. The van der Waals surface area contributed by atoms with Gasteiger partial charge in [-0.3, -0.25) is 4.79 Å². The van der Waals surface area contributed by atoms with Crippen molar-refractivity contribution in [3.8, 4) is 0 Å². The molecular weight excluding hydrogens is 285 g/mol. The molecule has 0 saturated heterocycles. The van der Waals surface area contributed by atoms with Crippen LogP contribution in [0.25, 0.3) is 0 Å². The van der Waals surface area contributed by atoms with Gasteiger partial charge in [-0.05, 0) is 17.7 Å². The van der Waals surface area contributed by atoms with Crippen LogP contribution in [0.3, 0.4) is 0 Å². The molecule has 1 amide bonds. The van der Waals surface area contributed by atoms with Crippen LogP contribution in [0.4, 0.5) is 0 Å². The quantitative estimate of drug-likeness (QED) is 0.874. The maximum atomic E-state index is 12.1. The van der Waals surface area contributed by atoms with Crippen molar-refractivity contribution >= 4 is 29.1 Å². The molecule has 1 aromatic carbocycles. The molecule has 98 valence electrons. The summed E-state index contributed by atoms with van der Waals surface area (Å²) in [6.07, 6.45) is 2.71. The van der Waals surface area contributed by atoms with Gasteiger partial charge < -0.3 is 4.90 Å². The van der Waals surface area contributed by atoms with Gasteiger partial charge in [0.15, 0.2) is 0 Å². The van der Waals surface area contributed by atoms with E-state index in [2.05, 4.69) is 9.97 Å². The van der Waals surface area contributed by atoms with Crippen LogP contribution in [0.15, 0.2) is 36.7 Å². The van der Waals surface area contributed by atoms with Gasteiger partial charge in [-0.1, -0.05) is 35.3 Å². The first kappa shape index (κ1) is 13.8. The first-order valence-electron chi connectivity index (χ1n) is 5.54. The molecule has 0 atom stereocenters. The summed E-state index contributed by atoms with van der Waals surface area (Å²) in [4.78, 5) is 21.4. The van der Waals surface area contributed by atoms with E-state index >= 15 is 0 Å². The number of hydrogen-bond acceptors (Lipinski definition) is 3. The van der Waals surface area contributed by atoms with Gasteiger partial charge >= 0.3 is 0 Å². The van der Waals surface area contributed by atoms with Crippen molar-refractivity contribution in [2.75, 3.05) is 7.05 Å². The molecule has 0 aliphatic heterocycles. The number of halogens is 2. The minimum Gasteiger partial charge on any atom is -0.336 e. The maximum Gasteiger partial charge on any atom is 0.274 e. The Morgan fingerprint density at radius 3 is 2.68 bits per heavy atom. The van der Waals surface area contributed by atoms with Crippen molar-refractivity contribution in [3.05, 3.63) is 58.1 Å². The fraction of sp³-hybridized carbons (Fsp3) is 0.154. The number of benzene rings is 1. The number of amides is 1. The van der Waals surface area contributed by atoms with Crippen LogP contribution in [-0.4, -0.2) is 27.8 Å². The van der Waals surface area contributed by atoms with Crippen LogP contribution in [0, 0.1) is 0 Å². The second-order valence-corrected chi connectivity index (χ2v) is 4.84. The lowest BCUT2D eigenvalue weighted by atomic mass is 10.2. The average molecular weight is 296 g/mol. The van der Waals surface area contributed by atoms with Gasteiger partial charge in [-0.15, -0.1) is 0 Å². The molecule has 0 bridgehead atoms. The molecule has 0 saturated carbocycles. The molecule has 6 heteroatoms. The second kappa shape index (κ2) is 5.99. The summed E-state index contributed by atoms with van der Waals surface area (Å²) in [7, 11) is 1.69. The van der Waals surface area contributed by atoms with E-state index in [4.69, 9.17) is 23.2 Å².